The lowest BCUT2D eigenvalue weighted by molar-refractivity contribution is -0.293. The molecule has 4 rings (SSSR count). The summed E-state index contributed by atoms with van der Waals surface area (Å²) in [4.78, 5) is 0.708. The second-order valence-corrected chi connectivity index (χ2v) is 7.49. The summed E-state index contributed by atoms with van der Waals surface area (Å²) in [6.07, 6.45) is 2.02. The van der Waals surface area contributed by atoms with Crippen molar-refractivity contribution < 1.29 is 9.47 Å². The molecule has 1 aromatic heterocycles. The average Bonchev–Trinajstić information content (AvgIpc) is 3.19. The molecule has 0 radical (unpaired) electrons. The Kier molecular flexibility index (Phi) is 3.03. The van der Waals surface area contributed by atoms with E-state index in [1.807, 2.05) is 11.4 Å². The molecular weight excluding hydrogens is 324 g/mol. The number of hydrogen-bond acceptors (Lipinski definition) is 7. The average molecular weight is 338 g/mol. The number of nitrogens with one attached hydrogen (secondary N) is 1. The summed E-state index contributed by atoms with van der Waals surface area (Å²) in [5, 5.41) is 40.2. The highest BCUT2D eigenvalue weighted by Crippen LogP contribution is 2.69. The number of nitrogens with zero attached hydrogens (tertiary/aromatic N) is 3. The summed E-state index contributed by atoms with van der Waals surface area (Å²) in [7, 11) is 0. The van der Waals surface area contributed by atoms with Gasteiger partial charge in [0.25, 0.3) is 0 Å². The number of rotatable bonds is 1. The summed E-state index contributed by atoms with van der Waals surface area (Å²) in [6, 6.07) is 9.91. The van der Waals surface area contributed by atoms with Crippen LogP contribution in [0.2, 0.25) is 0 Å². The Balaban J connectivity index is 2.02. The number of hydrogen-bond donors (Lipinski definition) is 1. The first-order valence-electron chi connectivity index (χ1n) is 7.83. The van der Waals surface area contributed by atoms with E-state index in [4.69, 9.17) is 14.9 Å². The smallest absolute Gasteiger partial charge is 0.217 e. The van der Waals surface area contributed by atoms with Gasteiger partial charge in [-0.3, -0.25) is 5.41 Å². The highest BCUT2D eigenvalue weighted by molar-refractivity contribution is 7.10. The molecule has 0 aromatic carbocycles. The number of thiophene rings is 1. The highest BCUT2D eigenvalue weighted by Gasteiger charge is 2.80. The van der Waals surface area contributed by atoms with Crippen molar-refractivity contribution in [2.24, 2.45) is 16.7 Å². The van der Waals surface area contributed by atoms with Gasteiger partial charge in [0.1, 0.15) is 6.10 Å². The number of nitriles is 3. The standard InChI is InChI=1S/C17H14N4O2S/c18-8-15(9-19)13(11-4-3-7-24-11)22-17-6-2-1-5-12(17)16(15,10-20)14(21)23-17/h3-4,7,12-13,21H,1-2,5-6H2/t12-,13+,16+,17+/m0/s1. The molecule has 3 fully saturated rings. The molecule has 2 aliphatic heterocycles. The predicted molar refractivity (Wildman–Crippen MR) is 83.4 cm³/mol. The molecule has 2 saturated heterocycles. The maximum atomic E-state index is 10.1. The lowest BCUT2D eigenvalue weighted by Crippen LogP contribution is -2.60. The normalized spacial score (nSPS) is 39.0. The van der Waals surface area contributed by atoms with Crippen molar-refractivity contribution in [2.75, 3.05) is 0 Å². The van der Waals surface area contributed by atoms with E-state index in [0.29, 0.717) is 17.7 Å². The lowest BCUT2D eigenvalue weighted by Gasteiger charge is -2.51. The summed E-state index contributed by atoms with van der Waals surface area (Å²) in [5.41, 5.74) is -3.39. The van der Waals surface area contributed by atoms with Crippen LogP contribution in [0.5, 0.6) is 0 Å². The number of ether oxygens (including phenoxy) is 2. The van der Waals surface area contributed by atoms with Crippen LogP contribution in [0.3, 0.4) is 0 Å². The van der Waals surface area contributed by atoms with Crippen molar-refractivity contribution in [2.45, 2.75) is 37.6 Å². The summed E-state index contributed by atoms with van der Waals surface area (Å²) >= 11 is 1.38. The van der Waals surface area contributed by atoms with Gasteiger partial charge in [0, 0.05) is 11.3 Å². The van der Waals surface area contributed by atoms with Gasteiger partial charge < -0.3 is 9.47 Å². The molecule has 4 atom stereocenters. The topological polar surface area (TPSA) is 114 Å². The Hall–Kier alpha value is -2.40. The monoisotopic (exact) mass is 338 g/mol. The zero-order valence-electron chi connectivity index (χ0n) is 12.8. The third-order valence-corrected chi connectivity index (χ3v) is 6.53. The Morgan fingerprint density at radius 1 is 1.21 bits per heavy atom. The molecule has 6 nitrogen and oxygen atoms in total. The minimum absolute atomic E-state index is 0.293. The SMILES string of the molecule is N#CC1(C#N)[C@@H](c2cccs2)O[C@@]23CCCC[C@H]2[C@]1(C#N)C(=N)O3. The third kappa shape index (κ3) is 1.44. The first kappa shape index (κ1) is 15.1. The largest absolute Gasteiger partial charge is 0.447 e. The van der Waals surface area contributed by atoms with Crippen LogP contribution < -0.4 is 0 Å². The fraction of sp³-hybridized carbons (Fsp3) is 0.529. The third-order valence-electron chi connectivity index (χ3n) is 5.62. The van der Waals surface area contributed by atoms with E-state index < -0.39 is 28.6 Å². The van der Waals surface area contributed by atoms with Gasteiger partial charge >= 0.3 is 0 Å². The molecule has 0 unspecified atom stereocenters. The molecule has 0 amide bonds. The Labute approximate surface area is 143 Å². The molecule has 0 spiro atoms. The second kappa shape index (κ2) is 4.80. The van der Waals surface area contributed by atoms with E-state index >= 15 is 0 Å². The first-order valence-corrected chi connectivity index (χ1v) is 8.71. The zero-order chi connectivity index (χ0) is 17.0. The van der Waals surface area contributed by atoms with Crippen LogP contribution in [0.4, 0.5) is 0 Å². The fourth-order valence-electron chi connectivity index (χ4n) is 4.56. The van der Waals surface area contributed by atoms with Gasteiger partial charge in [0.05, 0.1) is 24.1 Å². The molecule has 3 heterocycles. The molecular formula is C17H14N4O2S. The van der Waals surface area contributed by atoms with Crippen molar-refractivity contribution >= 4 is 17.2 Å². The minimum atomic E-state index is -1.80. The quantitative estimate of drug-likeness (QED) is 0.844. The van der Waals surface area contributed by atoms with E-state index in [-0.39, 0.29) is 5.90 Å². The molecule has 2 bridgehead atoms. The van der Waals surface area contributed by atoms with Crippen LogP contribution in [-0.2, 0) is 9.47 Å². The van der Waals surface area contributed by atoms with E-state index in [0.717, 1.165) is 12.8 Å². The van der Waals surface area contributed by atoms with Gasteiger partial charge in [0.2, 0.25) is 17.1 Å². The molecule has 3 aliphatic rings. The van der Waals surface area contributed by atoms with Crippen LogP contribution in [0.25, 0.3) is 0 Å². The fourth-order valence-corrected chi connectivity index (χ4v) is 5.37. The molecule has 120 valence electrons. The van der Waals surface area contributed by atoms with Gasteiger partial charge in [-0.25, -0.2) is 0 Å². The van der Waals surface area contributed by atoms with E-state index in [1.54, 1.807) is 6.07 Å². The van der Waals surface area contributed by atoms with E-state index in [1.165, 1.54) is 11.3 Å². The van der Waals surface area contributed by atoms with Crippen molar-refractivity contribution in [3.8, 4) is 18.2 Å². The molecule has 7 heteroatoms. The van der Waals surface area contributed by atoms with Crippen molar-refractivity contribution in [1.29, 1.82) is 21.2 Å². The van der Waals surface area contributed by atoms with Gasteiger partial charge in [-0.05, 0) is 24.3 Å². The first-order chi connectivity index (χ1) is 11.6. The highest BCUT2D eigenvalue weighted by atomic mass is 32.1. The molecule has 24 heavy (non-hydrogen) atoms. The molecule has 1 aromatic rings. The predicted octanol–water partition coefficient (Wildman–Crippen LogP) is 3.26. The summed E-state index contributed by atoms with van der Waals surface area (Å²) < 4.78 is 12.1. The van der Waals surface area contributed by atoms with E-state index in [2.05, 4.69) is 18.2 Å². The van der Waals surface area contributed by atoms with Gasteiger partial charge in [-0.2, -0.15) is 15.8 Å². The minimum Gasteiger partial charge on any atom is -0.447 e. The van der Waals surface area contributed by atoms with Crippen molar-refractivity contribution in [3.05, 3.63) is 22.4 Å². The maximum Gasteiger partial charge on any atom is 0.217 e. The van der Waals surface area contributed by atoms with Crippen LogP contribution in [0.15, 0.2) is 17.5 Å². The van der Waals surface area contributed by atoms with Gasteiger partial charge in [0.15, 0.2) is 5.41 Å². The molecule has 1 N–H and O–H groups in total. The van der Waals surface area contributed by atoms with E-state index in [9.17, 15) is 15.8 Å². The van der Waals surface area contributed by atoms with Crippen LogP contribution in [-0.4, -0.2) is 11.7 Å². The second-order valence-electron chi connectivity index (χ2n) is 6.51. The Morgan fingerprint density at radius 2 is 2.00 bits per heavy atom. The summed E-state index contributed by atoms with van der Waals surface area (Å²) in [6.45, 7) is 0. The van der Waals surface area contributed by atoms with Gasteiger partial charge in [-0.1, -0.05) is 12.5 Å². The Bertz CT molecular complexity index is 816. The molecule has 1 saturated carbocycles. The van der Waals surface area contributed by atoms with Crippen molar-refractivity contribution in [3.63, 3.8) is 0 Å². The van der Waals surface area contributed by atoms with Crippen LogP contribution >= 0.6 is 11.3 Å². The maximum absolute atomic E-state index is 10.1. The van der Waals surface area contributed by atoms with Crippen LogP contribution in [0.1, 0.15) is 36.7 Å². The zero-order valence-corrected chi connectivity index (χ0v) is 13.6. The van der Waals surface area contributed by atoms with Gasteiger partial charge in [-0.15, -0.1) is 11.3 Å². The summed E-state index contributed by atoms with van der Waals surface area (Å²) in [5.74, 6) is -1.83. The van der Waals surface area contributed by atoms with Crippen molar-refractivity contribution in [1.82, 2.24) is 0 Å². The lowest BCUT2D eigenvalue weighted by atomic mass is 9.52. The molecule has 1 aliphatic carbocycles. The van der Waals surface area contributed by atoms with Crippen LogP contribution in [0, 0.1) is 56.2 Å². The Morgan fingerprint density at radius 3 is 2.62 bits per heavy atom.